The van der Waals surface area contributed by atoms with Gasteiger partial charge in [-0.25, -0.2) is 0 Å². The molecule has 2 rings (SSSR count). The van der Waals surface area contributed by atoms with Crippen LogP contribution in [0.5, 0.6) is 0 Å². The first-order valence-electron chi connectivity index (χ1n) is 8.68. The highest BCUT2D eigenvalue weighted by atomic mass is 16.2. The Hall–Kier alpha value is -1.06. The van der Waals surface area contributed by atoms with Crippen molar-refractivity contribution in [1.82, 2.24) is 10.2 Å². The molecule has 21 heavy (non-hydrogen) atoms. The average molecular weight is 294 g/mol. The maximum absolute atomic E-state index is 12.8. The number of carbonyl (C=O) groups is 2. The Morgan fingerprint density at radius 3 is 2.38 bits per heavy atom. The summed E-state index contributed by atoms with van der Waals surface area (Å²) in [5, 5.41) is 2.90. The first-order valence-corrected chi connectivity index (χ1v) is 8.68. The molecule has 3 unspecified atom stereocenters. The molecular weight excluding hydrogens is 264 g/mol. The van der Waals surface area contributed by atoms with Crippen molar-refractivity contribution in [3.8, 4) is 0 Å². The Morgan fingerprint density at radius 1 is 1.14 bits per heavy atom. The van der Waals surface area contributed by atoms with Gasteiger partial charge in [-0.3, -0.25) is 9.59 Å². The van der Waals surface area contributed by atoms with E-state index in [0.29, 0.717) is 5.92 Å². The number of nitrogens with zero attached hydrogens (tertiary/aromatic N) is 1. The molecule has 1 saturated carbocycles. The first kappa shape index (κ1) is 16.3. The van der Waals surface area contributed by atoms with Gasteiger partial charge in [0.25, 0.3) is 0 Å². The summed E-state index contributed by atoms with van der Waals surface area (Å²) < 4.78 is 0. The van der Waals surface area contributed by atoms with Gasteiger partial charge in [-0.15, -0.1) is 0 Å². The van der Waals surface area contributed by atoms with Crippen LogP contribution < -0.4 is 5.32 Å². The molecule has 1 heterocycles. The Kier molecular flexibility index (Phi) is 5.65. The smallest absolute Gasteiger partial charge is 0.246 e. The second-order valence-corrected chi connectivity index (χ2v) is 6.77. The zero-order valence-corrected chi connectivity index (χ0v) is 13.7. The third-order valence-electron chi connectivity index (χ3n) is 5.41. The molecule has 120 valence electrons. The summed E-state index contributed by atoms with van der Waals surface area (Å²) in [5.41, 5.74) is 0. The molecule has 0 aromatic rings. The average Bonchev–Trinajstić information content (AvgIpc) is 2.51. The van der Waals surface area contributed by atoms with Crippen molar-refractivity contribution >= 4 is 11.8 Å². The lowest BCUT2D eigenvalue weighted by Crippen LogP contribution is -2.63. The first-order chi connectivity index (χ1) is 10.1. The third-order valence-corrected chi connectivity index (χ3v) is 5.41. The summed E-state index contributed by atoms with van der Waals surface area (Å²) >= 11 is 0. The SMILES string of the molecule is CCC(C)C1NC(=O)CN(C(CC)C2CCCCC2)C1=O. The highest BCUT2D eigenvalue weighted by Crippen LogP contribution is 2.32. The van der Waals surface area contributed by atoms with Crippen LogP contribution in [0.1, 0.15) is 65.7 Å². The second kappa shape index (κ2) is 7.28. The molecule has 0 radical (unpaired) electrons. The lowest BCUT2D eigenvalue weighted by Gasteiger charge is -2.43. The van der Waals surface area contributed by atoms with Gasteiger partial charge in [-0.1, -0.05) is 46.5 Å². The van der Waals surface area contributed by atoms with Crippen LogP contribution in [0.2, 0.25) is 0 Å². The second-order valence-electron chi connectivity index (χ2n) is 6.77. The van der Waals surface area contributed by atoms with E-state index in [9.17, 15) is 9.59 Å². The minimum atomic E-state index is -0.325. The number of rotatable bonds is 5. The predicted molar refractivity (Wildman–Crippen MR) is 83.8 cm³/mol. The monoisotopic (exact) mass is 294 g/mol. The molecule has 1 saturated heterocycles. The fraction of sp³-hybridized carbons (Fsp3) is 0.882. The molecule has 1 aliphatic carbocycles. The molecule has 2 amide bonds. The molecule has 3 atom stereocenters. The van der Waals surface area contributed by atoms with Crippen molar-refractivity contribution in [2.75, 3.05) is 6.54 Å². The van der Waals surface area contributed by atoms with Gasteiger partial charge >= 0.3 is 0 Å². The summed E-state index contributed by atoms with van der Waals surface area (Å²) in [7, 11) is 0. The number of hydrogen-bond donors (Lipinski definition) is 1. The molecule has 0 aromatic carbocycles. The third kappa shape index (κ3) is 3.58. The van der Waals surface area contributed by atoms with E-state index < -0.39 is 0 Å². The van der Waals surface area contributed by atoms with Crippen LogP contribution in [0.4, 0.5) is 0 Å². The van der Waals surface area contributed by atoms with Crippen molar-refractivity contribution in [2.24, 2.45) is 11.8 Å². The maximum atomic E-state index is 12.8. The van der Waals surface area contributed by atoms with Crippen molar-refractivity contribution < 1.29 is 9.59 Å². The van der Waals surface area contributed by atoms with Gasteiger partial charge < -0.3 is 10.2 Å². The molecule has 0 bridgehead atoms. The molecule has 4 heteroatoms. The van der Waals surface area contributed by atoms with Gasteiger partial charge in [0.2, 0.25) is 11.8 Å². The zero-order valence-electron chi connectivity index (χ0n) is 13.7. The zero-order chi connectivity index (χ0) is 15.4. The van der Waals surface area contributed by atoms with E-state index in [4.69, 9.17) is 0 Å². The van der Waals surface area contributed by atoms with Crippen LogP contribution in [0.15, 0.2) is 0 Å². The van der Waals surface area contributed by atoms with Crippen LogP contribution in [0, 0.1) is 11.8 Å². The van der Waals surface area contributed by atoms with E-state index in [1.165, 1.54) is 32.1 Å². The number of carbonyl (C=O) groups excluding carboxylic acids is 2. The van der Waals surface area contributed by atoms with Crippen molar-refractivity contribution in [2.45, 2.75) is 77.8 Å². The lowest BCUT2D eigenvalue weighted by molar-refractivity contribution is -0.149. The normalized spacial score (nSPS) is 27.4. The van der Waals surface area contributed by atoms with Gasteiger partial charge in [0.15, 0.2) is 0 Å². The predicted octanol–water partition coefficient (Wildman–Crippen LogP) is 2.72. The Labute approximate surface area is 128 Å². The number of hydrogen-bond acceptors (Lipinski definition) is 2. The van der Waals surface area contributed by atoms with E-state index in [-0.39, 0.29) is 36.4 Å². The molecule has 1 N–H and O–H groups in total. The fourth-order valence-corrected chi connectivity index (χ4v) is 3.92. The van der Waals surface area contributed by atoms with E-state index in [0.717, 1.165) is 12.8 Å². The Bertz CT molecular complexity index is 377. The van der Waals surface area contributed by atoms with Gasteiger partial charge in [0.05, 0.1) is 6.54 Å². The van der Waals surface area contributed by atoms with Crippen LogP contribution in [-0.4, -0.2) is 35.3 Å². The Morgan fingerprint density at radius 2 is 1.81 bits per heavy atom. The van der Waals surface area contributed by atoms with Crippen molar-refractivity contribution in [3.63, 3.8) is 0 Å². The summed E-state index contributed by atoms with van der Waals surface area (Å²) in [6.45, 7) is 6.52. The Balaban J connectivity index is 2.14. The number of nitrogens with one attached hydrogen (secondary N) is 1. The largest absolute Gasteiger partial charge is 0.342 e. The number of amides is 2. The highest BCUT2D eigenvalue weighted by Gasteiger charge is 2.40. The lowest BCUT2D eigenvalue weighted by atomic mass is 9.81. The fourth-order valence-electron chi connectivity index (χ4n) is 3.92. The van der Waals surface area contributed by atoms with Crippen molar-refractivity contribution in [3.05, 3.63) is 0 Å². The van der Waals surface area contributed by atoms with Crippen LogP contribution >= 0.6 is 0 Å². The standard InChI is InChI=1S/C17H30N2O2/c1-4-12(3)16-17(21)19(11-15(20)18-16)14(5-2)13-9-7-6-8-10-13/h12-14,16H,4-11H2,1-3H3,(H,18,20). The molecule has 1 aliphatic heterocycles. The van der Waals surface area contributed by atoms with Gasteiger partial charge in [0.1, 0.15) is 6.04 Å². The molecule has 2 aliphatic rings. The quantitative estimate of drug-likeness (QED) is 0.847. The van der Waals surface area contributed by atoms with Gasteiger partial charge in [-0.2, -0.15) is 0 Å². The molecule has 0 aromatic heterocycles. The summed E-state index contributed by atoms with van der Waals surface area (Å²) in [4.78, 5) is 26.8. The van der Waals surface area contributed by atoms with Crippen molar-refractivity contribution in [1.29, 1.82) is 0 Å². The van der Waals surface area contributed by atoms with E-state index in [2.05, 4.69) is 19.2 Å². The van der Waals surface area contributed by atoms with Gasteiger partial charge in [0, 0.05) is 6.04 Å². The van der Waals surface area contributed by atoms with E-state index in [1.54, 1.807) is 0 Å². The number of piperazine rings is 1. The van der Waals surface area contributed by atoms with Gasteiger partial charge in [-0.05, 0) is 31.1 Å². The molecule has 4 nitrogen and oxygen atoms in total. The highest BCUT2D eigenvalue weighted by molar-refractivity contribution is 5.95. The maximum Gasteiger partial charge on any atom is 0.246 e. The summed E-state index contributed by atoms with van der Waals surface area (Å²) in [6, 6.07) is -0.0794. The van der Waals surface area contributed by atoms with E-state index >= 15 is 0 Å². The topological polar surface area (TPSA) is 49.4 Å². The van der Waals surface area contributed by atoms with E-state index in [1.807, 2.05) is 11.8 Å². The summed E-state index contributed by atoms with van der Waals surface area (Å²) in [5.74, 6) is 0.930. The van der Waals surface area contributed by atoms with Crippen LogP contribution in [-0.2, 0) is 9.59 Å². The van der Waals surface area contributed by atoms with Crippen LogP contribution in [0.3, 0.4) is 0 Å². The minimum absolute atomic E-state index is 0.00848. The van der Waals surface area contributed by atoms with Crippen LogP contribution in [0.25, 0.3) is 0 Å². The summed E-state index contributed by atoms with van der Waals surface area (Å²) in [6.07, 6.45) is 8.13. The molecule has 2 fully saturated rings. The molecular formula is C17H30N2O2. The molecule has 0 spiro atoms. The minimum Gasteiger partial charge on any atom is -0.342 e.